The summed E-state index contributed by atoms with van der Waals surface area (Å²) >= 11 is 0. The Labute approximate surface area is 113 Å². The summed E-state index contributed by atoms with van der Waals surface area (Å²) in [6.45, 7) is 0. The molecule has 0 bridgehead atoms. The van der Waals surface area contributed by atoms with Gasteiger partial charge in [0.1, 0.15) is 6.10 Å². The molecule has 3 heteroatoms. The van der Waals surface area contributed by atoms with Crippen molar-refractivity contribution in [2.24, 2.45) is 0 Å². The lowest BCUT2D eigenvalue weighted by molar-refractivity contribution is 0.160. The first-order valence-corrected chi connectivity index (χ1v) is 6.79. The number of rotatable bonds is 2. The average Bonchev–Trinajstić information content (AvgIpc) is 2.84. The van der Waals surface area contributed by atoms with Crippen LogP contribution in [0.5, 0.6) is 11.5 Å². The molecule has 0 aromatic heterocycles. The highest BCUT2D eigenvalue weighted by atomic mass is 16.5. The lowest BCUT2D eigenvalue weighted by atomic mass is 9.81. The van der Waals surface area contributed by atoms with E-state index in [1.165, 1.54) is 24.5 Å². The van der Waals surface area contributed by atoms with Crippen LogP contribution in [0.15, 0.2) is 18.2 Å². The van der Waals surface area contributed by atoms with E-state index >= 15 is 0 Å². The van der Waals surface area contributed by atoms with Crippen molar-refractivity contribution in [3.05, 3.63) is 29.3 Å². The number of ether oxygens (including phenoxy) is 2. The number of methoxy groups -OCH3 is 1. The maximum Gasteiger partial charge on any atom is 0.165 e. The molecule has 1 fully saturated rings. The molecule has 3 rings (SSSR count). The Hall–Kier alpha value is -1.95. The van der Waals surface area contributed by atoms with Gasteiger partial charge in [0.2, 0.25) is 0 Å². The minimum absolute atomic E-state index is 0.286. The van der Waals surface area contributed by atoms with Gasteiger partial charge in [-0.1, -0.05) is 12.5 Å². The maximum absolute atomic E-state index is 8.72. The van der Waals surface area contributed by atoms with Crippen LogP contribution in [-0.4, -0.2) is 13.2 Å². The van der Waals surface area contributed by atoms with Gasteiger partial charge in [-0.3, -0.25) is 0 Å². The topological polar surface area (TPSA) is 42.2 Å². The number of fused-ring (bicyclic) bond motifs is 3. The van der Waals surface area contributed by atoms with Crippen LogP contribution in [0, 0.1) is 11.3 Å². The third-order valence-corrected chi connectivity index (χ3v) is 4.09. The number of hydrogen-bond donors (Lipinski definition) is 0. The Kier molecular flexibility index (Phi) is 3.16. The van der Waals surface area contributed by atoms with E-state index in [0.29, 0.717) is 5.92 Å². The number of nitrogens with zero attached hydrogens (tertiary/aromatic N) is 1. The highest BCUT2D eigenvalue weighted by Crippen LogP contribution is 2.51. The fraction of sp³-hybridized carbons (Fsp3) is 0.438. The van der Waals surface area contributed by atoms with Gasteiger partial charge in [-0.05, 0) is 37.0 Å². The van der Waals surface area contributed by atoms with Gasteiger partial charge in [-0.15, -0.1) is 0 Å². The molecular weight excluding hydrogens is 238 g/mol. The van der Waals surface area contributed by atoms with Crippen LogP contribution in [0.4, 0.5) is 0 Å². The minimum atomic E-state index is 0.286. The zero-order valence-corrected chi connectivity index (χ0v) is 11.1. The Morgan fingerprint density at radius 3 is 3.00 bits per heavy atom. The summed E-state index contributed by atoms with van der Waals surface area (Å²) in [5.41, 5.74) is 2.32. The normalized spacial score (nSPS) is 24.4. The molecule has 1 heterocycles. The third-order valence-electron chi connectivity index (χ3n) is 4.09. The monoisotopic (exact) mass is 255 g/mol. The molecule has 0 saturated heterocycles. The highest BCUT2D eigenvalue weighted by molar-refractivity contribution is 5.66. The lowest BCUT2D eigenvalue weighted by Gasteiger charge is -2.24. The van der Waals surface area contributed by atoms with Gasteiger partial charge in [-0.2, -0.15) is 5.26 Å². The first kappa shape index (κ1) is 12.1. The van der Waals surface area contributed by atoms with E-state index in [4.69, 9.17) is 14.7 Å². The van der Waals surface area contributed by atoms with Crippen LogP contribution >= 0.6 is 0 Å². The summed E-state index contributed by atoms with van der Waals surface area (Å²) < 4.78 is 11.5. The van der Waals surface area contributed by atoms with Crippen molar-refractivity contribution in [1.82, 2.24) is 0 Å². The van der Waals surface area contributed by atoms with Crippen molar-refractivity contribution in [3.8, 4) is 17.6 Å². The van der Waals surface area contributed by atoms with Gasteiger partial charge < -0.3 is 9.47 Å². The van der Waals surface area contributed by atoms with E-state index in [0.717, 1.165) is 29.9 Å². The lowest BCUT2D eigenvalue weighted by Crippen LogP contribution is -2.22. The molecule has 19 heavy (non-hydrogen) atoms. The molecule has 2 atom stereocenters. The van der Waals surface area contributed by atoms with Crippen LogP contribution < -0.4 is 9.47 Å². The molecule has 0 unspecified atom stereocenters. The smallest absolute Gasteiger partial charge is 0.165 e. The van der Waals surface area contributed by atoms with Crippen molar-refractivity contribution in [3.63, 3.8) is 0 Å². The Bertz CT molecular complexity index is 557. The van der Waals surface area contributed by atoms with Crippen LogP contribution in [0.1, 0.15) is 42.7 Å². The van der Waals surface area contributed by atoms with Crippen LogP contribution in [0.3, 0.4) is 0 Å². The molecule has 1 aromatic rings. The van der Waals surface area contributed by atoms with Crippen LogP contribution in [0.2, 0.25) is 0 Å². The summed E-state index contributed by atoms with van der Waals surface area (Å²) in [5.74, 6) is 2.15. The van der Waals surface area contributed by atoms with E-state index in [1.54, 1.807) is 7.11 Å². The predicted molar refractivity (Wildman–Crippen MR) is 73.3 cm³/mol. The van der Waals surface area contributed by atoms with Crippen molar-refractivity contribution >= 4 is 6.08 Å². The number of nitriles is 1. The maximum atomic E-state index is 8.72. The molecule has 0 spiro atoms. The minimum Gasteiger partial charge on any atom is -0.493 e. The molecule has 1 aliphatic heterocycles. The Balaban J connectivity index is 2.09. The second-order valence-corrected chi connectivity index (χ2v) is 5.11. The molecular formula is C16H17NO2. The quantitative estimate of drug-likeness (QED) is 0.757. The number of hydrogen-bond acceptors (Lipinski definition) is 3. The number of benzene rings is 1. The first-order valence-electron chi connectivity index (χ1n) is 6.79. The largest absolute Gasteiger partial charge is 0.493 e. The van der Waals surface area contributed by atoms with Crippen LogP contribution in [0.25, 0.3) is 6.08 Å². The van der Waals surface area contributed by atoms with Crippen molar-refractivity contribution < 1.29 is 9.47 Å². The molecule has 1 aliphatic carbocycles. The fourth-order valence-corrected chi connectivity index (χ4v) is 3.25. The zero-order chi connectivity index (χ0) is 13.2. The van der Waals surface area contributed by atoms with E-state index in [1.807, 2.05) is 18.2 Å². The molecule has 3 nitrogen and oxygen atoms in total. The standard InChI is InChI=1S/C16H17NO2/c1-18-14-9-8-11(5-4-10-17)15-12-6-2-3-7-13(12)19-16(14)15/h4-5,8-9,12-13H,2-3,6-7H2,1H3/b5-4+/t12-,13+/m1/s1. The molecule has 1 saturated carbocycles. The van der Waals surface area contributed by atoms with Crippen molar-refractivity contribution in [2.45, 2.75) is 37.7 Å². The molecule has 1 aromatic carbocycles. The summed E-state index contributed by atoms with van der Waals surface area (Å²) in [6.07, 6.45) is 8.46. The first-order chi connectivity index (χ1) is 9.35. The SMILES string of the molecule is COc1ccc(/C=C/C#N)c2c1O[C@H]1CCCC[C@@H]21. The molecule has 98 valence electrons. The molecule has 0 radical (unpaired) electrons. The van der Waals surface area contributed by atoms with Crippen molar-refractivity contribution in [1.29, 1.82) is 5.26 Å². The third kappa shape index (κ3) is 1.98. The van der Waals surface area contributed by atoms with Gasteiger partial charge in [-0.25, -0.2) is 0 Å². The second-order valence-electron chi connectivity index (χ2n) is 5.11. The molecule has 2 aliphatic rings. The summed E-state index contributed by atoms with van der Waals surface area (Å²) in [4.78, 5) is 0. The summed E-state index contributed by atoms with van der Waals surface area (Å²) in [7, 11) is 1.67. The van der Waals surface area contributed by atoms with E-state index < -0.39 is 0 Å². The van der Waals surface area contributed by atoms with Gasteiger partial charge >= 0.3 is 0 Å². The van der Waals surface area contributed by atoms with Gasteiger partial charge in [0, 0.05) is 17.6 Å². The Morgan fingerprint density at radius 1 is 1.37 bits per heavy atom. The fourth-order valence-electron chi connectivity index (χ4n) is 3.25. The van der Waals surface area contributed by atoms with E-state index in [-0.39, 0.29) is 6.10 Å². The van der Waals surface area contributed by atoms with Gasteiger partial charge in [0.05, 0.1) is 13.2 Å². The molecule has 0 N–H and O–H groups in total. The van der Waals surface area contributed by atoms with E-state index in [2.05, 4.69) is 6.07 Å². The predicted octanol–water partition coefficient (Wildman–Crippen LogP) is 3.65. The Morgan fingerprint density at radius 2 is 2.21 bits per heavy atom. The second kappa shape index (κ2) is 4.97. The molecule has 0 amide bonds. The van der Waals surface area contributed by atoms with Crippen molar-refractivity contribution in [2.75, 3.05) is 7.11 Å². The zero-order valence-electron chi connectivity index (χ0n) is 11.1. The van der Waals surface area contributed by atoms with Gasteiger partial charge in [0.25, 0.3) is 0 Å². The summed E-state index contributed by atoms with van der Waals surface area (Å²) in [5, 5.41) is 8.72. The highest BCUT2D eigenvalue weighted by Gasteiger charge is 2.39. The number of allylic oxidation sites excluding steroid dienone is 1. The van der Waals surface area contributed by atoms with E-state index in [9.17, 15) is 0 Å². The van der Waals surface area contributed by atoms with Gasteiger partial charge in [0.15, 0.2) is 11.5 Å². The van der Waals surface area contributed by atoms with Crippen LogP contribution in [-0.2, 0) is 0 Å². The average molecular weight is 255 g/mol. The summed E-state index contributed by atoms with van der Waals surface area (Å²) in [6, 6.07) is 6.00.